The van der Waals surface area contributed by atoms with E-state index in [-0.39, 0.29) is 17.5 Å². The summed E-state index contributed by atoms with van der Waals surface area (Å²) < 4.78 is 19.5. The number of benzene rings is 1. The van der Waals surface area contributed by atoms with Gasteiger partial charge in [-0.3, -0.25) is 0 Å². The van der Waals surface area contributed by atoms with E-state index in [2.05, 4.69) is 12.2 Å². The van der Waals surface area contributed by atoms with Crippen molar-refractivity contribution in [1.29, 1.82) is 0 Å². The van der Waals surface area contributed by atoms with Gasteiger partial charge in [-0.15, -0.1) is 0 Å². The quantitative estimate of drug-likeness (QED) is 0.823. The molecule has 0 fully saturated rings. The van der Waals surface area contributed by atoms with Crippen molar-refractivity contribution < 1.29 is 9.13 Å². The van der Waals surface area contributed by atoms with Gasteiger partial charge in [-0.05, 0) is 44.0 Å². The van der Waals surface area contributed by atoms with E-state index in [9.17, 15) is 4.39 Å². The zero-order valence-electron chi connectivity index (χ0n) is 12.1. The number of ether oxygens (including phenoxy) is 1. The fourth-order valence-electron chi connectivity index (χ4n) is 2.19. The molecule has 1 aromatic rings. The van der Waals surface area contributed by atoms with Crippen LogP contribution in [0.25, 0.3) is 0 Å². The van der Waals surface area contributed by atoms with E-state index in [0.29, 0.717) is 17.0 Å². The lowest BCUT2D eigenvalue weighted by Crippen LogP contribution is -2.51. The molecule has 0 saturated heterocycles. The van der Waals surface area contributed by atoms with Crippen LogP contribution in [0.2, 0.25) is 5.02 Å². The van der Waals surface area contributed by atoms with Crippen LogP contribution in [0.1, 0.15) is 32.8 Å². The van der Waals surface area contributed by atoms with Crippen molar-refractivity contribution >= 4 is 11.6 Å². The normalized spacial score (nSPS) is 16.1. The Morgan fingerprint density at radius 3 is 2.58 bits per heavy atom. The van der Waals surface area contributed by atoms with E-state index in [1.54, 1.807) is 19.2 Å². The number of hydrogen-bond donors (Lipinski definition) is 1. The third-order valence-electron chi connectivity index (χ3n) is 3.80. The summed E-state index contributed by atoms with van der Waals surface area (Å²) in [7, 11) is 1.70. The van der Waals surface area contributed by atoms with Gasteiger partial charge >= 0.3 is 0 Å². The molecule has 2 unspecified atom stereocenters. The lowest BCUT2D eigenvalue weighted by Gasteiger charge is -2.36. The van der Waals surface area contributed by atoms with Crippen LogP contribution in [-0.2, 0) is 11.2 Å². The second-order valence-corrected chi connectivity index (χ2v) is 5.36. The Bertz CT molecular complexity index is 407. The SMILES string of the molecule is CCNC(Cc1ccc(Cl)cc1F)C(C)(CC)OC. The first-order chi connectivity index (χ1) is 8.96. The van der Waals surface area contributed by atoms with Crippen LogP contribution >= 0.6 is 11.6 Å². The summed E-state index contributed by atoms with van der Waals surface area (Å²) in [4.78, 5) is 0. The Balaban J connectivity index is 2.95. The molecular weight excluding hydrogens is 265 g/mol. The molecule has 108 valence electrons. The van der Waals surface area contributed by atoms with Crippen molar-refractivity contribution in [2.45, 2.75) is 45.3 Å². The number of likely N-dealkylation sites (N-methyl/N-ethyl adjacent to an activating group) is 1. The van der Waals surface area contributed by atoms with Gasteiger partial charge in [0.2, 0.25) is 0 Å². The molecule has 1 rings (SSSR count). The smallest absolute Gasteiger partial charge is 0.127 e. The average Bonchev–Trinajstić information content (AvgIpc) is 2.40. The van der Waals surface area contributed by atoms with Gasteiger partial charge in [0.15, 0.2) is 0 Å². The van der Waals surface area contributed by atoms with Gasteiger partial charge in [-0.2, -0.15) is 0 Å². The zero-order chi connectivity index (χ0) is 14.5. The summed E-state index contributed by atoms with van der Waals surface area (Å²) in [6.07, 6.45) is 1.44. The molecule has 4 heteroatoms. The summed E-state index contributed by atoms with van der Waals surface area (Å²) in [5.74, 6) is -0.259. The Morgan fingerprint density at radius 2 is 2.11 bits per heavy atom. The lowest BCUT2D eigenvalue weighted by molar-refractivity contribution is -0.0285. The van der Waals surface area contributed by atoms with Crippen LogP contribution in [0.3, 0.4) is 0 Å². The molecule has 0 aromatic heterocycles. The van der Waals surface area contributed by atoms with E-state index in [1.165, 1.54) is 6.07 Å². The Labute approximate surface area is 120 Å². The zero-order valence-corrected chi connectivity index (χ0v) is 12.9. The van der Waals surface area contributed by atoms with Crippen LogP contribution in [0.15, 0.2) is 18.2 Å². The fraction of sp³-hybridized carbons (Fsp3) is 0.600. The standard InChI is InChI=1S/C15H23ClFNO/c1-5-15(3,19-4)14(18-6-2)9-11-7-8-12(16)10-13(11)17/h7-8,10,14,18H,5-6,9H2,1-4H3. The molecule has 1 aromatic carbocycles. The highest BCUT2D eigenvalue weighted by atomic mass is 35.5. The van der Waals surface area contributed by atoms with Gasteiger partial charge in [0, 0.05) is 18.2 Å². The molecule has 0 aliphatic rings. The summed E-state index contributed by atoms with van der Waals surface area (Å²) >= 11 is 5.78. The van der Waals surface area contributed by atoms with Crippen LogP contribution in [0.5, 0.6) is 0 Å². The van der Waals surface area contributed by atoms with Gasteiger partial charge < -0.3 is 10.1 Å². The largest absolute Gasteiger partial charge is 0.377 e. The van der Waals surface area contributed by atoms with Gasteiger partial charge in [-0.25, -0.2) is 4.39 Å². The monoisotopic (exact) mass is 287 g/mol. The minimum Gasteiger partial charge on any atom is -0.377 e. The molecule has 0 spiro atoms. The first-order valence-corrected chi connectivity index (χ1v) is 7.07. The molecule has 0 bridgehead atoms. The molecule has 2 atom stereocenters. The Morgan fingerprint density at radius 1 is 1.42 bits per heavy atom. The predicted molar refractivity (Wildman–Crippen MR) is 78.3 cm³/mol. The Hall–Kier alpha value is -0.640. The van der Waals surface area contributed by atoms with Crippen LogP contribution < -0.4 is 5.32 Å². The molecule has 0 heterocycles. The van der Waals surface area contributed by atoms with Crippen LogP contribution in [-0.4, -0.2) is 25.3 Å². The maximum absolute atomic E-state index is 13.9. The van der Waals surface area contributed by atoms with E-state index in [1.807, 2.05) is 13.8 Å². The molecule has 2 nitrogen and oxygen atoms in total. The summed E-state index contributed by atoms with van der Waals surface area (Å²) in [6, 6.07) is 4.88. The van der Waals surface area contributed by atoms with Gasteiger partial charge in [0.25, 0.3) is 0 Å². The number of nitrogens with one attached hydrogen (secondary N) is 1. The topological polar surface area (TPSA) is 21.3 Å². The van der Waals surface area contributed by atoms with Gasteiger partial charge in [0.05, 0.1) is 5.60 Å². The third-order valence-corrected chi connectivity index (χ3v) is 4.03. The molecule has 19 heavy (non-hydrogen) atoms. The molecule has 1 N–H and O–H groups in total. The second kappa shape index (κ2) is 7.22. The molecular formula is C15H23ClFNO. The lowest BCUT2D eigenvalue weighted by atomic mass is 9.88. The molecule has 0 amide bonds. The van der Waals surface area contributed by atoms with Gasteiger partial charge in [-0.1, -0.05) is 31.5 Å². The highest BCUT2D eigenvalue weighted by Crippen LogP contribution is 2.24. The molecule has 0 aliphatic heterocycles. The van der Waals surface area contributed by atoms with Crippen molar-refractivity contribution in [2.75, 3.05) is 13.7 Å². The number of rotatable bonds is 7. The summed E-state index contributed by atoms with van der Waals surface area (Å²) in [6.45, 7) is 6.98. The third kappa shape index (κ3) is 4.16. The minimum absolute atomic E-state index is 0.0585. The highest BCUT2D eigenvalue weighted by molar-refractivity contribution is 6.30. The fourth-order valence-corrected chi connectivity index (χ4v) is 2.35. The van der Waals surface area contributed by atoms with E-state index in [0.717, 1.165) is 13.0 Å². The van der Waals surface area contributed by atoms with Crippen LogP contribution in [0.4, 0.5) is 4.39 Å². The molecule has 0 saturated carbocycles. The summed E-state index contributed by atoms with van der Waals surface area (Å²) in [5.41, 5.74) is 0.342. The predicted octanol–water partition coefficient (Wildman–Crippen LogP) is 3.81. The number of hydrogen-bond acceptors (Lipinski definition) is 2. The van der Waals surface area contributed by atoms with E-state index >= 15 is 0 Å². The second-order valence-electron chi connectivity index (χ2n) is 4.92. The molecule has 0 aliphatic carbocycles. The van der Waals surface area contributed by atoms with Gasteiger partial charge in [0.1, 0.15) is 5.82 Å². The van der Waals surface area contributed by atoms with Crippen molar-refractivity contribution in [3.8, 4) is 0 Å². The van der Waals surface area contributed by atoms with Crippen molar-refractivity contribution in [3.05, 3.63) is 34.6 Å². The minimum atomic E-state index is -0.317. The molecule has 0 radical (unpaired) electrons. The number of halogens is 2. The first-order valence-electron chi connectivity index (χ1n) is 6.69. The van der Waals surface area contributed by atoms with Crippen molar-refractivity contribution in [2.24, 2.45) is 0 Å². The summed E-state index contributed by atoms with van der Waals surface area (Å²) in [5, 5.41) is 3.81. The van der Waals surface area contributed by atoms with Crippen molar-refractivity contribution in [3.63, 3.8) is 0 Å². The first kappa shape index (κ1) is 16.4. The van der Waals surface area contributed by atoms with E-state index in [4.69, 9.17) is 16.3 Å². The van der Waals surface area contributed by atoms with E-state index < -0.39 is 0 Å². The maximum Gasteiger partial charge on any atom is 0.127 e. The van der Waals surface area contributed by atoms with Crippen LogP contribution in [0, 0.1) is 5.82 Å². The number of methoxy groups -OCH3 is 1. The highest BCUT2D eigenvalue weighted by Gasteiger charge is 2.32. The average molecular weight is 288 g/mol. The maximum atomic E-state index is 13.9. The van der Waals surface area contributed by atoms with Crippen molar-refractivity contribution in [1.82, 2.24) is 5.32 Å². The Kier molecular flexibility index (Phi) is 6.24.